The van der Waals surface area contributed by atoms with Gasteiger partial charge in [0.05, 0.1) is 40.2 Å². The maximum Gasteiger partial charge on any atom is 0.259 e. The SMILES string of the molecule is Cc1ccc(-n2nc(C)c(C(=O)N3CCC(c4cn(Cc5cc6ccccc6n(C)c5=O)nn4)C34CC4)c2Cl)cc1Cl. The van der Waals surface area contributed by atoms with Crippen molar-refractivity contribution in [1.29, 1.82) is 0 Å². The van der Waals surface area contributed by atoms with E-state index in [1.54, 1.807) is 34.0 Å². The van der Waals surface area contributed by atoms with E-state index in [1.165, 1.54) is 0 Å². The molecule has 2 aromatic carbocycles. The van der Waals surface area contributed by atoms with E-state index < -0.39 is 0 Å². The highest BCUT2D eigenvalue weighted by molar-refractivity contribution is 6.33. The van der Waals surface area contributed by atoms with Crippen LogP contribution in [-0.2, 0) is 13.6 Å². The molecule has 1 saturated carbocycles. The first-order valence-electron chi connectivity index (χ1n) is 14.0. The number of carbonyl (C=O) groups is 1. The van der Waals surface area contributed by atoms with Crippen molar-refractivity contribution in [2.45, 2.75) is 51.1 Å². The van der Waals surface area contributed by atoms with Gasteiger partial charge in [0, 0.05) is 36.3 Å². The molecule has 214 valence electrons. The molecular formula is C31H29Cl2N7O2. The number of amides is 1. The third kappa shape index (κ3) is 4.17. The van der Waals surface area contributed by atoms with Crippen LogP contribution in [0.15, 0.2) is 59.5 Å². The third-order valence-electron chi connectivity index (χ3n) is 8.91. The second-order valence-electron chi connectivity index (χ2n) is 11.4. The highest BCUT2D eigenvalue weighted by atomic mass is 35.5. The Morgan fingerprint density at radius 2 is 1.88 bits per heavy atom. The van der Waals surface area contributed by atoms with Gasteiger partial charge in [-0.05, 0) is 68.3 Å². The van der Waals surface area contributed by atoms with Gasteiger partial charge < -0.3 is 9.47 Å². The monoisotopic (exact) mass is 601 g/mol. The lowest BCUT2D eigenvalue weighted by Crippen LogP contribution is -2.39. The Morgan fingerprint density at radius 3 is 2.64 bits per heavy atom. The van der Waals surface area contributed by atoms with E-state index in [0.29, 0.717) is 40.6 Å². The van der Waals surface area contributed by atoms with Gasteiger partial charge in [0.2, 0.25) is 0 Å². The fraction of sp³-hybridized carbons (Fsp3) is 0.323. The molecule has 1 atom stereocenters. The van der Waals surface area contributed by atoms with Gasteiger partial charge in [-0.1, -0.05) is 52.7 Å². The quantitative estimate of drug-likeness (QED) is 0.267. The molecule has 2 aliphatic rings. The van der Waals surface area contributed by atoms with Gasteiger partial charge in [0.25, 0.3) is 11.5 Å². The summed E-state index contributed by atoms with van der Waals surface area (Å²) in [6.45, 7) is 4.66. The molecule has 42 heavy (non-hydrogen) atoms. The van der Waals surface area contributed by atoms with Crippen molar-refractivity contribution in [3.63, 3.8) is 0 Å². The molecule has 9 nitrogen and oxygen atoms in total. The fourth-order valence-electron chi connectivity index (χ4n) is 6.50. The minimum Gasteiger partial charge on any atom is -0.332 e. The van der Waals surface area contributed by atoms with Crippen LogP contribution in [0.1, 0.15) is 58.1 Å². The second-order valence-corrected chi connectivity index (χ2v) is 12.2. The van der Waals surface area contributed by atoms with E-state index >= 15 is 0 Å². The van der Waals surface area contributed by atoms with Crippen LogP contribution < -0.4 is 5.56 Å². The summed E-state index contributed by atoms with van der Waals surface area (Å²) in [7, 11) is 1.79. The second kappa shape index (κ2) is 9.81. The molecule has 2 fully saturated rings. The van der Waals surface area contributed by atoms with Gasteiger partial charge in [-0.25, -0.2) is 9.36 Å². The predicted molar refractivity (Wildman–Crippen MR) is 162 cm³/mol. The Hall–Kier alpha value is -3.95. The van der Waals surface area contributed by atoms with Crippen molar-refractivity contribution in [2.75, 3.05) is 6.54 Å². The Bertz CT molecular complexity index is 1950. The lowest BCUT2D eigenvalue weighted by atomic mass is 9.94. The lowest BCUT2D eigenvalue weighted by molar-refractivity contribution is 0.0708. The van der Waals surface area contributed by atoms with Crippen molar-refractivity contribution in [1.82, 2.24) is 34.2 Å². The molecule has 0 N–H and O–H groups in total. The first-order chi connectivity index (χ1) is 20.2. The van der Waals surface area contributed by atoms with E-state index in [4.69, 9.17) is 23.2 Å². The number of carbonyl (C=O) groups excluding carboxylic acids is 1. The average Bonchev–Trinajstić information content (AvgIpc) is 3.31. The number of aromatic nitrogens is 6. The summed E-state index contributed by atoms with van der Waals surface area (Å²) in [6, 6.07) is 15.3. The van der Waals surface area contributed by atoms with Gasteiger partial charge in [-0.15, -0.1) is 5.10 Å². The molecule has 3 aromatic heterocycles. The minimum atomic E-state index is -0.317. The number of nitrogens with zero attached hydrogens (tertiary/aromatic N) is 7. The van der Waals surface area contributed by atoms with Crippen molar-refractivity contribution < 1.29 is 4.79 Å². The van der Waals surface area contributed by atoms with Crippen molar-refractivity contribution in [3.8, 4) is 5.69 Å². The number of pyridine rings is 1. The van der Waals surface area contributed by atoms with Crippen LogP contribution in [0.2, 0.25) is 10.2 Å². The molecule has 1 aliphatic heterocycles. The molecule has 0 bridgehead atoms. The van der Waals surface area contributed by atoms with E-state index in [1.807, 2.05) is 60.5 Å². The average molecular weight is 603 g/mol. The highest BCUT2D eigenvalue weighted by Gasteiger charge is 2.60. The number of hydrogen-bond acceptors (Lipinski definition) is 5. The molecule has 4 heterocycles. The van der Waals surface area contributed by atoms with E-state index in [-0.39, 0.29) is 28.1 Å². The maximum absolute atomic E-state index is 14.0. The molecule has 11 heteroatoms. The summed E-state index contributed by atoms with van der Waals surface area (Å²) in [5.74, 6) is -0.0614. The molecule has 5 aromatic rings. The zero-order chi connectivity index (χ0) is 29.3. The standard InChI is InChI=1S/C31H29Cl2N7O2/c1-18-8-9-22(15-24(18)32)40-28(33)27(19(2)35-40)30(42)39-13-10-23(31(39)11-12-31)25-17-38(36-34-25)16-21-14-20-6-4-5-7-26(20)37(3)29(21)41/h4-9,14-15,17,23H,10-13,16H2,1-3H3. The predicted octanol–water partition coefficient (Wildman–Crippen LogP) is 5.45. The van der Waals surface area contributed by atoms with Crippen molar-refractivity contribution in [3.05, 3.63) is 103 Å². The van der Waals surface area contributed by atoms with Gasteiger partial charge in [-0.2, -0.15) is 5.10 Å². The van der Waals surface area contributed by atoms with E-state index in [0.717, 1.165) is 41.4 Å². The Balaban J connectivity index is 1.14. The summed E-state index contributed by atoms with van der Waals surface area (Å²) < 4.78 is 4.97. The van der Waals surface area contributed by atoms with Crippen LogP contribution in [0.3, 0.4) is 0 Å². The summed E-state index contributed by atoms with van der Waals surface area (Å²) >= 11 is 13.1. The van der Waals surface area contributed by atoms with Crippen LogP contribution in [-0.4, -0.2) is 52.2 Å². The number of aryl methyl sites for hydroxylation is 3. The van der Waals surface area contributed by atoms with Crippen LogP contribution >= 0.6 is 23.2 Å². The maximum atomic E-state index is 14.0. The summed E-state index contributed by atoms with van der Waals surface area (Å²) in [5.41, 5.74) is 4.65. The third-order valence-corrected chi connectivity index (χ3v) is 9.66. The minimum absolute atomic E-state index is 0.0530. The number of halogens is 2. The number of para-hydroxylation sites is 1. The van der Waals surface area contributed by atoms with Crippen LogP contribution in [0, 0.1) is 13.8 Å². The van der Waals surface area contributed by atoms with Crippen molar-refractivity contribution >= 4 is 40.0 Å². The molecular weight excluding hydrogens is 573 g/mol. The smallest absolute Gasteiger partial charge is 0.259 e. The van der Waals surface area contributed by atoms with Crippen LogP contribution in [0.25, 0.3) is 16.6 Å². The normalized spacial score (nSPS) is 17.5. The number of likely N-dealkylation sites (tertiary alicyclic amines) is 1. The van der Waals surface area contributed by atoms with Crippen LogP contribution in [0.5, 0.6) is 0 Å². The Morgan fingerprint density at radius 1 is 1.10 bits per heavy atom. The topological polar surface area (TPSA) is 90.8 Å². The fourth-order valence-corrected chi connectivity index (χ4v) is 7.03. The number of rotatable bonds is 5. The first-order valence-corrected chi connectivity index (χ1v) is 14.7. The molecule has 1 aliphatic carbocycles. The number of fused-ring (bicyclic) bond motifs is 1. The van der Waals surface area contributed by atoms with E-state index in [2.05, 4.69) is 15.4 Å². The number of hydrogen-bond donors (Lipinski definition) is 0. The largest absolute Gasteiger partial charge is 0.332 e. The van der Waals surface area contributed by atoms with Crippen LogP contribution in [0.4, 0.5) is 0 Å². The molecule has 1 unspecified atom stereocenters. The summed E-state index contributed by atoms with van der Waals surface area (Å²) in [4.78, 5) is 29.0. The molecule has 1 spiro atoms. The van der Waals surface area contributed by atoms with Gasteiger partial charge in [0.15, 0.2) is 0 Å². The lowest BCUT2D eigenvalue weighted by Gasteiger charge is -2.27. The molecule has 0 radical (unpaired) electrons. The summed E-state index contributed by atoms with van der Waals surface area (Å²) in [5, 5.41) is 15.4. The highest BCUT2D eigenvalue weighted by Crippen LogP contribution is 2.57. The molecule has 7 rings (SSSR count). The number of benzene rings is 2. The van der Waals surface area contributed by atoms with E-state index in [9.17, 15) is 9.59 Å². The van der Waals surface area contributed by atoms with Gasteiger partial charge in [-0.3, -0.25) is 9.59 Å². The van der Waals surface area contributed by atoms with Gasteiger partial charge >= 0.3 is 0 Å². The zero-order valence-electron chi connectivity index (χ0n) is 23.5. The molecule has 1 amide bonds. The van der Waals surface area contributed by atoms with Crippen molar-refractivity contribution in [2.24, 2.45) is 7.05 Å². The zero-order valence-corrected chi connectivity index (χ0v) is 25.0. The van der Waals surface area contributed by atoms with Gasteiger partial charge in [0.1, 0.15) is 5.15 Å². The molecule has 1 saturated heterocycles. The first kappa shape index (κ1) is 26.9. The summed E-state index contributed by atoms with van der Waals surface area (Å²) in [6.07, 6.45) is 4.48. The Labute approximate surface area is 252 Å². The Kier molecular flexibility index (Phi) is 6.29.